The number of nitro benzene ring substituents is 1. The average molecular weight is 285 g/mol. The molecular weight excluding hydrogens is 270 g/mol. The first kappa shape index (κ1) is 14.5. The lowest BCUT2D eigenvalue weighted by atomic mass is 10.1. The van der Waals surface area contributed by atoms with Crippen LogP contribution in [-0.2, 0) is 0 Å². The monoisotopic (exact) mass is 285 g/mol. The van der Waals surface area contributed by atoms with E-state index in [1.54, 1.807) is 44.2 Å². The second-order valence-corrected chi connectivity index (χ2v) is 4.72. The number of nitrogens with one attached hydrogen (secondary N) is 1. The molecular formula is C15H15N3O3. The summed E-state index contributed by atoms with van der Waals surface area (Å²) in [6, 6.07) is 9.77. The zero-order valence-electron chi connectivity index (χ0n) is 11.7. The smallest absolute Gasteiger partial charge is 0.311 e. The Morgan fingerprint density at radius 3 is 2.52 bits per heavy atom. The number of hydrogen-bond donors (Lipinski definition) is 2. The fraction of sp³-hybridized carbons (Fsp3) is 0.133. The lowest BCUT2D eigenvalue weighted by Gasteiger charge is -2.09. The van der Waals surface area contributed by atoms with Gasteiger partial charge in [0.25, 0.3) is 0 Å². The average Bonchev–Trinajstić information content (AvgIpc) is 2.40. The quantitative estimate of drug-likeness (QED) is 0.389. The molecule has 0 aliphatic carbocycles. The second kappa shape index (κ2) is 5.62. The van der Waals surface area contributed by atoms with Crippen molar-refractivity contribution in [3.63, 3.8) is 0 Å². The van der Waals surface area contributed by atoms with Crippen molar-refractivity contribution in [2.45, 2.75) is 13.8 Å². The fourth-order valence-electron chi connectivity index (χ4n) is 1.99. The molecule has 0 unspecified atom stereocenters. The van der Waals surface area contributed by atoms with Crippen LogP contribution in [0.15, 0.2) is 36.4 Å². The van der Waals surface area contributed by atoms with Gasteiger partial charge in [-0.25, -0.2) is 0 Å². The molecule has 0 radical (unpaired) electrons. The van der Waals surface area contributed by atoms with E-state index in [-0.39, 0.29) is 17.3 Å². The first-order valence-electron chi connectivity index (χ1n) is 6.26. The van der Waals surface area contributed by atoms with Crippen LogP contribution in [0, 0.1) is 29.4 Å². The molecule has 2 aromatic rings. The number of ether oxygens (including phenoxy) is 1. The third-order valence-corrected chi connectivity index (χ3v) is 3.03. The largest absolute Gasteiger partial charge is 0.450 e. The van der Waals surface area contributed by atoms with Crippen LogP contribution >= 0.6 is 0 Å². The lowest BCUT2D eigenvalue weighted by Crippen LogP contribution is -2.12. The molecule has 6 nitrogen and oxygen atoms in total. The van der Waals surface area contributed by atoms with Crippen molar-refractivity contribution in [2.24, 2.45) is 5.73 Å². The van der Waals surface area contributed by atoms with Crippen LogP contribution in [0.4, 0.5) is 5.69 Å². The van der Waals surface area contributed by atoms with Crippen molar-refractivity contribution in [3.8, 4) is 11.5 Å². The first-order chi connectivity index (χ1) is 9.88. The van der Waals surface area contributed by atoms with Gasteiger partial charge in [0, 0.05) is 11.6 Å². The normalized spacial score (nSPS) is 10.2. The van der Waals surface area contributed by atoms with Crippen LogP contribution in [0.25, 0.3) is 0 Å². The lowest BCUT2D eigenvalue weighted by molar-refractivity contribution is -0.385. The zero-order valence-corrected chi connectivity index (χ0v) is 11.7. The highest BCUT2D eigenvalue weighted by atomic mass is 16.6. The van der Waals surface area contributed by atoms with Crippen LogP contribution in [0.2, 0.25) is 0 Å². The Kier molecular flexibility index (Phi) is 3.89. The third kappa shape index (κ3) is 3.17. The van der Waals surface area contributed by atoms with Crippen molar-refractivity contribution >= 4 is 11.5 Å². The highest BCUT2D eigenvalue weighted by molar-refractivity contribution is 5.96. The molecule has 0 fully saturated rings. The van der Waals surface area contributed by atoms with E-state index < -0.39 is 4.92 Å². The van der Waals surface area contributed by atoms with Gasteiger partial charge in [-0.1, -0.05) is 6.07 Å². The van der Waals surface area contributed by atoms with E-state index in [2.05, 4.69) is 0 Å². The third-order valence-electron chi connectivity index (χ3n) is 3.03. The minimum atomic E-state index is -0.473. The molecule has 2 aromatic carbocycles. The maximum Gasteiger partial charge on any atom is 0.311 e. The summed E-state index contributed by atoms with van der Waals surface area (Å²) in [4.78, 5) is 10.6. The van der Waals surface area contributed by atoms with E-state index in [9.17, 15) is 10.1 Å². The van der Waals surface area contributed by atoms with E-state index in [0.29, 0.717) is 11.3 Å². The predicted octanol–water partition coefficient (Wildman–Crippen LogP) is 3.29. The van der Waals surface area contributed by atoms with Crippen LogP contribution in [0.5, 0.6) is 11.5 Å². The number of nitro groups is 1. The zero-order chi connectivity index (χ0) is 15.6. The summed E-state index contributed by atoms with van der Waals surface area (Å²) < 4.78 is 5.59. The summed E-state index contributed by atoms with van der Waals surface area (Å²) in [7, 11) is 0. The minimum absolute atomic E-state index is 0.0274. The Morgan fingerprint density at radius 2 is 1.95 bits per heavy atom. The van der Waals surface area contributed by atoms with Crippen molar-refractivity contribution in [1.82, 2.24) is 0 Å². The van der Waals surface area contributed by atoms with Gasteiger partial charge in [0.2, 0.25) is 5.75 Å². The molecule has 3 N–H and O–H groups in total. The molecule has 0 saturated carbocycles. The van der Waals surface area contributed by atoms with E-state index in [1.807, 2.05) is 0 Å². The number of nitrogens with two attached hydrogens (primary N) is 1. The van der Waals surface area contributed by atoms with Gasteiger partial charge in [0.05, 0.1) is 4.92 Å². The fourth-order valence-corrected chi connectivity index (χ4v) is 1.99. The van der Waals surface area contributed by atoms with Crippen LogP contribution in [-0.4, -0.2) is 10.8 Å². The number of hydrogen-bond acceptors (Lipinski definition) is 4. The van der Waals surface area contributed by atoms with Gasteiger partial charge in [-0.05, 0) is 49.2 Å². The van der Waals surface area contributed by atoms with E-state index in [4.69, 9.17) is 15.9 Å². The summed E-state index contributed by atoms with van der Waals surface area (Å²) in [5.41, 5.74) is 7.54. The number of aryl methyl sites for hydroxylation is 2. The van der Waals surface area contributed by atoms with Crippen molar-refractivity contribution in [1.29, 1.82) is 5.41 Å². The molecule has 21 heavy (non-hydrogen) atoms. The summed E-state index contributed by atoms with van der Waals surface area (Å²) in [6.07, 6.45) is 0. The van der Waals surface area contributed by atoms with Crippen LogP contribution in [0.1, 0.15) is 16.7 Å². The van der Waals surface area contributed by atoms with Gasteiger partial charge in [-0.15, -0.1) is 0 Å². The van der Waals surface area contributed by atoms with Gasteiger partial charge in [0.1, 0.15) is 11.6 Å². The molecule has 0 heterocycles. The number of benzene rings is 2. The molecule has 0 atom stereocenters. The highest BCUT2D eigenvalue weighted by Crippen LogP contribution is 2.32. The molecule has 0 saturated heterocycles. The summed E-state index contributed by atoms with van der Waals surface area (Å²) in [5.74, 6) is 0.616. The maximum absolute atomic E-state index is 11.1. The molecule has 6 heteroatoms. The number of nitrogens with zero attached hydrogens (tertiary/aromatic N) is 1. The predicted molar refractivity (Wildman–Crippen MR) is 80.1 cm³/mol. The highest BCUT2D eigenvalue weighted by Gasteiger charge is 2.16. The van der Waals surface area contributed by atoms with Crippen molar-refractivity contribution < 1.29 is 9.66 Å². The van der Waals surface area contributed by atoms with Crippen LogP contribution < -0.4 is 10.5 Å². The molecule has 0 amide bonds. The molecule has 108 valence electrons. The Labute approximate surface area is 121 Å². The standard InChI is InChI=1S/C15H15N3O3/c1-9-3-6-14(13(7-9)18(19)20)21-11-4-5-12(15(16)17)10(2)8-11/h3-8H,1-2H3,(H3,16,17). The second-order valence-electron chi connectivity index (χ2n) is 4.72. The van der Waals surface area contributed by atoms with E-state index in [0.717, 1.165) is 11.1 Å². The Balaban J connectivity index is 2.37. The van der Waals surface area contributed by atoms with Gasteiger partial charge in [-0.3, -0.25) is 15.5 Å². The number of rotatable bonds is 4. The maximum atomic E-state index is 11.1. The number of nitrogen functional groups attached to an aromatic ring is 1. The summed E-state index contributed by atoms with van der Waals surface area (Å²) >= 11 is 0. The van der Waals surface area contributed by atoms with Gasteiger partial charge < -0.3 is 10.5 Å². The van der Waals surface area contributed by atoms with E-state index in [1.165, 1.54) is 6.07 Å². The Morgan fingerprint density at radius 1 is 1.24 bits per heavy atom. The molecule has 0 aliphatic heterocycles. The van der Waals surface area contributed by atoms with Crippen molar-refractivity contribution in [3.05, 3.63) is 63.2 Å². The number of amidine groups is 1. The van der Waals surface area contributed by atoms with Crippen LogP contribution in [0.3, 0.4) is 0 Å². The van der Waals surface area contributed by atoms with E-state index >= 15 is 0 Å². The minimum Gasteiger partial charge on any atom is -0.450 e. The molecule has 0 aliphatic rings. The summed E-state index contributed by atoms with van der Waals surface area (Å²) in [5, 5.41) is 18.5. The molecule has 0 aromatic heterocycles. The Hall–Kier alpha value is -2.89. The SMILES string of the molecule is Cc1ccc(Oc2ccc(C(=N)N)c(C)c2)c([N+](=O)[O-])c1. The summed E-state index contributed by atoms with van der Waals surface area (Å²) in [6.45, 7) is 3.58. The molecule has 2 rings (SSSR count). The molecule has 0 spiro atoms. The topological polar surface area (TPSA) is 102 Å². The van der Waals surface area contributed by atoms with Crippen molar-refractivity contribution in [2.75, 3.05) is 0 Å². The molecule has 0 bridgehead atoms. The Bertz CT molecular complexity index is 726. The van der Waals surface area contributed by atoms with Gasteiger partial charge >= 0.3 is 5.69 Å². The van der Waals surface area contributed by atoms with Gasteiger partial charge in [-0.2, -0.15) is 0 Å². The van der Waals surface area contributed by atoms with Gasteiger partial charge in [0.15, 0.2) is 0 Å². The first-order valence-corrected chi connectivity index (χ1v) is 6.26.